The molecule has 0 aromatic rings. The van der Waals surface area contributed by atoms with Gasteiger partial charge in [0.05, 0.1) is 0 Å². The molecule has 0 bridgehead atoms. The molecule has 1 saturated carbocycles. The van der Waals surface area contributed by atoms with Crippen molar-refractivity contribution < 1.29 is 0 Å². The van der Waals surface area contributed by atoms with Gasteiger partial charge in [-0.1, -0.05) is 20.3 Å². The van der Waals surface area contributed by atoms with E-state index in [1.54, 1.807) is 0 Å². The van der Waals surface area contributed by atoms with E-state index < -0.39 is 0 Å². The van der Waals surface area contributed by atoms with Gasteiger partial charge in [0.15, 0.2) is 0 Å². The molecule has 54 valence electrons. The Kier molecular flexibility index (Phi) is 2.12. The molecule has 0 aliphatic heterocycles. The van der Waals surface area contributed by atoms with Gasteiger partial charge in [-0.2, -0.15) is 0 Å². The monoisotopic (exact) mass is 127 g/mol. The molecular weight excluding hydrogens is 110 g/mol. The van der Waals surface area contributed by atoms with Crippen molar-refractivity contribution in [3.63, 3.8) is 0 Å². The first-order valence-electron chi connectivity index (χ1n) is 3.96. The van der Waals surface area contributed by atoms with Crippen LogP contribution in [0.15, 0.2) is 0 Å². The van der Waals surface area contributed by atoms with Crippen molar-refractivity contribution in [2.75, 3.05) is 7.05 Å². The SMILES string of the molecule is CC[C@H](C)C1CC1NC. The lowest BCUT2D eigenvalue weighted by molar-refractivity contribution is 0.469. The Hall–Kier alpha value is -0.0400. The van der Waals surface area contributed by atoms with E-state index >= 15 is 0 Å². The van der Waals surface area contributed by atoms with Gasteiger partial charge in [0, 0.05) is 6.04 Å². The predicted octanol–water partition coefficient (Wildman–Crippen LogP) is 1.64. The van der Waals surface area contributed by atoms with Crippen LogP contribution in [0.1, 0.15) is 26.7 Å². The molecule has 0 saturated heterocycles. The van der Waals surface area contributed by atoms with Crippen LogP contribution in [-0.2, 0) is 0 Å². The number of nitrogens with one attached hydrogen (secondary N) is 1. The number of hydrogen-bond acceptors (Lipinski definition) is 1. The molecule has 0 heterocycles. The minimum atomic E-state index is 0.847. The van der Waals surface area contributed by atoms with E-state index in [9.17, 15) is 0 Å². The van der Waals surface area contributed by atoms with Crippen LogP contribution in [-0.4, -0.2) is 13.1 Å². The lowest BCUT2D eigenvalue weighted by Gasteiger charge is -2.05. The van der Waals surface area contributed by atoms with Gasteiger partial charge in [0.2, 0.25) is 0 Å². The van der Waals surface area contributed by atoms with Gasteiger partial charge in [0.1, 0.15) is 0 Å². The lowest BCUT2D eigenvalue weighted by atomic mass is 10.0. The van der Waals surface area contributed by atoms with E-state index in [2.05, 4.69) is 26.2 Å². The Morgan fingerprint density at radius 3 is 2.67 bits per heavy atom. The van der Waals surface area contributed by atoms with E-state index in [-0.39, 0.29) is 0 Å². The van der Waals surface area contributed by atoms with Gasteiger partial charge in [-0.05, 0) is 25.3 Å². The first-order valence-corrected chi connectivity index (χ1v) is 3.96. The third-order valence-corrected chi connectivity index (χ3v) is 2.59. The van der Waals surface area contributed by atoms with Crippen molar-refractivity contribution >= 4 is 0 Å². The maximum absolute atomic E-state index is 3.30. The highest BCUT2D eigenvalue weighted by Crippen LogP contribution is 2.38. The first-order chi connectivity index (χ1) is 4.29. The summed E-state index contributed by atoms with van der Waals surface area (Å²) >= 11 is 0. The normalized spacial score (nSPS) is 36.3. The summed E-state index contributed by atoms with van der Waals surface area (Å²) in [5.41, 5.74) is 0. The summed E-state index contributed by atoms with van der Waals surface area (Å²) in [5.74, 6) is 1.92. The molecule has 0 radical (unpaired) electrons. The fourth-order valence-electron chi connectivity index (χ4n) is 1.48. The van der Waals surface area contributed by atoms with E-state index in [4.69, 9.17) is 0 Å². The quantitative estimate of drug-likeness (QED) is 0.607. The summed E-state index contributed by atoms with van der Waals surface area (Å²) < 4.78 is 0. The van der Waals surface area contributed by atoms with E-state index in [0.29, 0.717) is 0 Å². The van der Waals surface area contributed by atoms with Gasteiger partial charge >= 0.3 is 0 Å². The molecule has 0 aromatic heterocycles. The van der Waals surface area contributed by atoms with Gasteiger partial charge < -0.3 is 5.32 Å². The lowest BCUT2D eigenvalue weighted by Crippen LogP contribution is -2.13. The topological polar surface area (TPSA) is 12.0 Å². The Balaban J connectivity index is 2.17. The molecule has 0 amide bonds. The molecule has 1 nitrogen and oxygen atoms in total. The van der Waals surface area contributed by atoms with Crippen molar-refractivity contribution in [1.29, 1.82) is 0 Å². The van der Waals surface area contributed by atoms with Crippen molar-refractivity contribution in [3.05, 3.63) is 0 Å². The summed E-state index contributed by atoms with van der Waals surface area (Å²) in [5, 5.41) is 3.30. The molecule has 1 aliphatic rings. The van der Waals surface area contributed by atoms with Crippen molar-refractivity contribution in [1.82, 2.24) is 5.32 Å². The first kappa shape index (κ1) is 7.07. The summed E-state index contributed by atoms with van der Waals surface area (Å²) in [6, 6.07) is 0.847. The molecule has 9 heavy (non-hydrogen) atoms. The predicted molar refractivity (Wildman–Crippen MR) is 40.4 cm³/mol. The molecular formula is C8H17N. The van der Waals surface area contributed by atoms with Crippen LogP contribution in [0, 0.1) is 11.8 Å². The molecule has 1 aliphatic carbocycles. The van der Waals surface area contributed by atoms with Crippen LogP contribution in [0.4, 0.5) is 0 Å². The molecule has 0 aromatic carbocycles. The Morgan fingerprint density at radius 1 is 1.67 bits per heavy atom. The van der Waals surface area contributed by atoms with Crippen LogP contribution in [0.3, 0.4) is 0 Å². The highest BCUT2D eigenvalue weighted by Gasteiger charge is 2.38. The summed E-state index contributed by atoms with van der Waals surface area (Å²) in [7, 11) is 2.06. The second-order valence-corrected chi connectivity index (χ2v) is 3.18. The largest absolute Gasteiger partial charge is 0.317 e. The third kappa shape index (κ3) is 1.45. The van der Waals surface area contributed by atoms with Gasteiger partial charge in [-0.15, -0.1) is 0 Å². The van der Waals surface area contributed by atoms with E-state index in [1.807, 2.05) is 0 Å². The minimum absolute atomic E-state index is 0.847. The Labute approximate surface area is 57.8 Å². The molecule has 1 fully saturated rings. The summed E-state index contributed by atoms with van der Waals surface area (Å²) in [6.07, 6.45) is 2.74. The standard InChI is InChI=1S/C8H17N/c1-4-6(2)7-5-8(7)9-3/h6-9H,4-5H2,1-3H3/t6-,7?,8?/m0/s1. The zero-order chi connectivity index (χ0) is 6.85. The average molecular weight is 127 g/mol. The van der Waals surface area contributed by atoms with Gasteiger partial charge in [-0.25, -0.2) is 0 Å². The van der Waals surface area contributed by atoms with Crippen LogP contribution in [0.2, 0.25) is 0 Å². The minimum Gasteiger partial charge on any atom is -0.317 e. The second kappa shape index (κ2) is 2.70. The van der Waals surface area contributed by atoms with Gasteiger partial charge in [-0.3, -0.25) is 0 Å². The highest BCUT2D eigenvalue weighted by atomic mass is 14.9. The molecule has 1 heteroatoms. The molecule has 1 N–H and O–H groups in total. The Morgan fingerprint density at radius 2 is 2.33 bits per heavy atom. The fourth-order valence-corrected chi connectivity index (χ4v) is 1.48. The van der Waals surface area contributed by atoms with E-state index in [0.717, 1.165) is 17.9 Å². The zero-order valence-electron chi connectivity index (χ0n) is 6.65. The van der Waals surface area contributed by atoms with Crippen LogP contribution in [0.25, 0.3) is 0 Å². The van der Waals surface area contributed by atoms with Crippen LogP contribution in [0.5, 0.6) is 0 Å². The average Bonchev–Trinajstić information content (AvgIpc) is 2.64. The molecule has 0 spiro atoms. The van der Waals surface area contributed by atoms with Crippen molar-refractivity contribution in [3.8, 4) is 0 Å². The molecule has 1 rings (SSSR count). The van der Waals surface area contributed by atoms with Crippen molar-refractivity contribution in [2.45, 2.75) is 32.7 Å². The smallest absolute Gasteiger partial charge is 0.00987 e. The number of hydrogen-bond donors (Lipinski definition) is 1. The maximum atomic E-state index is 3.30. The number of rotatable bonds is 3. The van der Waals surface area contributed by atoms with E-state index in [1.165, 1.54) is 12.8 Å². The van der Waals surface area contributed by atoms with Gasteiger partial charge in [0.25, 0.3) is 0 Å². The van der Waals surface area contributed by atoms with Crippen LogP contribution >= 0.6 is 0 Å². The van der Waals surface area contributed by atoms with Crippen molar-refractivity contribution in [2.24, 2.45) is 11.8 Å². The second-order valence-electron chi connectivity index (χ2n) is 3.18. The fraction of sp³-hybridized carbons (Fsp3) is 1.00. The third-order valence-electron chi connectivity index (χ3n) is 2.59. The maximum Gasteiger partial charge on any atom is 0.00987 e. The van der Waals surface area contributed by atoms with Crippen LogP contribution < -0.4 is 5.32 Å². The summed E-state index contributed by atoms with van der Waals surface area (Å²) in [4.78, 5) is 0. The molecule has 3 atom stereocenters. The zero-order valence-corrected chi connectivity index (χ0v) is 6.65. The highest BCUT2D eigenvalue weighted by molar-refractivity contribution is 4.94. The molecule has 2 unspecified atom stereocenters. The summed E-state index contributed by atoms with van der Waals surface area (Å²) in [6.45, 7) is 4.62. The Bertz CT molecular complexity index is 90.6.